The molecule has 1 heterocycles. The van der Waals surface area contributed by atoms with Crippen molar-refractivity contribution in [1.29, 1.82) is 0 Å². The van der Waals surface area contributed by atoms with Crippen LogP contribution in [0.2, 0.25) is 5.02 Å². The SMILES string of the molecule is Cc1ccc(Cl)cc1NC(=O)c1cc(S(=O)(=O)N2CCCCC2)ccc1C. The van der Waals surface area contributed by atoms with Crippen LogP contribution in [-0.4, -0.2) is 31.7 Å². The summed E-state index contributed by atoms with van der Waals surface area (Å²) in [5.41, 5.74) is 2.54. The van der Waals surface area contributed by atoms with Gasteiger partial charge in [0.25, 0.3) is 5.91 Å². The van der Waals surface area contributed by atoms with Crippen LogP contribution in [-0.2, 0) is 10.0 Å². The average Bonchev–Trinajstić information content (AvgIpc) is 2.65. The fraction of sp³-hybridized carbons (Fsp3) is 0.350. The van der Waals surface area contributed by atoms with Crippen LogP contribution < -0.4 is 5.32 Å². The number of carbonyl (C=O) groups is 1. The van der Waals surface area contributed by atoms with Crippen molar-refractivity contribution in [2.45, 2.75) is 38.0 Å². The quantitative estimate of drug-likeness (QED) is 0.819. The van der Waals surface area contributed by atoms with Crippen LogP contribution in [0.1, 0.15) is 40.7 Å². The van der Waals surface area contributed by atoms with E-state index in [1.807, 2.05) is 13.0 Å². The maximum absolute atomic E-state index is 12.9. The highest BCUT2D eigenvalue weighted by molar-refractivity contribution is 7.89. The summed E-state index contributed by atoms with van der Waals surface area (Å²) in [4.78, 5) is 12.9. The van der Waals surface area contributed by atoms with Gasteiger partial charge in [0.15, 0.2) is 0 Å². The molecule has 144 valence electrons. The predicted octanol–water partition coefficient (Wildman–Crippen LogP) is 4.38. The number of sulfonamides is 1. The van der Waals surface area contributed by atoms with Crippen molar-refractivity contribution >= 4 is 33.2 Å². The van der Waals surface area contributed by atoms with E-state index in [0.717, 1.165) is 24.8 Å². The molecule has 1 saturated heterocycles. The van der Waals surface area contributed by atoms with Gasteiger partial charge >= 0.3 is 0 Å². The molecular formula is C20H23ClN2O3S. The minimum absolute atomic E-state index is 0.156. The van der Waals surface area contributed by atoms with E-state index in [4.69, 9.17) is 11.6 Å². The molecule has 3 rings (SSSR count). The zero-order chi connectivity index (χ0) is 19.6. The van der Waals surface area contributed by atoms with Gasteiger partial charge < -0.3 is 5.32 Å². The third kappa shape index (κ3) is 4.34. The number of piperidine rings is 1. The summed E-state index contributed by atoms with van der Waals surface area (Å²) in [6, 6.07) is 9.97. The molecule has 1 aliphatic rings. The Balaban J connectivity index is 1.91. The lowest BCUT2D eigenvalue weighted by atomic mass is 10.1. The van der Waals surface area contributed by atoms with Gasteiger partial charge in [-0.3, -0.25) is 4.79 Å². The first-order valence-electron chi connectivity index (χ1n) is 8.97. The first-order chi connectivity index (χ1) is 12.8. The largest absolute Gasteiger partial charge is 0.322 e. The molecule has 0 unspecified atom stereocenters. The van der Waals surface area contributed by atoms with E-state index in [-0.39, 0.29) is 10.8 Å². The average molecular weight is 407 g/mol. The highest BCUT2D eigenvalue weighted by atomic mass is 35.5. The lowest BCUT2D eigenvalue weighted by molar-refractivity contribution is 0.102. The molecule has 0 aromatic heterocycles. The number of nitrogens with one attached hydrogen (secondary N) is 1. The van der Waals surface area contributed by atoms with Crippen LogP contribution in [0.25, 0.3) is 0 Å². The number of benzene rings is 2. The summed E-state index contributed by atoms with van der Waals surface area (Å²) < 4.78 is 27.3. The Morgan fingerprint density at radius 1 is 1.00 bits per heavy atom. The Morgan fingerprint density at radius 2 is 1.67 bits per heavy atom. The van der Waals surface area contributed by atoms with Crippen LogP contribution in [0.15, 0.2) is 41.3 Å². The fourth-order valence-corrected chi connectivity index (χ4v) is 4.90. The van der Waals surface area contributed by atoms with Gasteiger partial charge in [0.2, 0.25) is 10.0 Å². The van der Waals surface area contributed by atoms with Crippen molar-refractivity contribution in [3.8, 4) is 0 Å². The molecule has 1 amide bonds. The monoisotopic (exact) mass is 406 g/mol. The Kier molecular flexibility index (Phi) is 5.89. The summed E-state index contributed by atoms with van der Waals surface area (Å²) in [6.07, 6.45) is 2.78. The minimum atomic E-state index is -3.59. The van der Waals surface area contributed by atoms with E-state index in [0.29, 0.717) is 34.9 Å². The normalized spacial score (nSPS) is 15.5. The minimum Gasteiger partial charge on any atom is -0.322 e. The summed E-state index contributed by atoms with van der Waals surface area (Å²) in [6.45, 7) is 4.71. The number of nitrogens with zero attached hydrogens (tertiary/aromatic N) is 1. The second-order valence-electron chi connectivity index (χ2n) is 6.85. The molecule has 0 saturated carbocycles. The van der Waals surface area contributed by atoms with E-state index in [1.165, 1.54) is 10.4 Å². The Labute approximate surface area is 165 Å². The highest BCUT2D eigenvalue weighted by Crippen LogP contribution is 2.25. The van der Waals surface area contributed by atoms with Gasteiger partial charge in [0, 0.05) is 29.4 Å². The van der Waals surface area contributed by atoms with Crippen molar-refractivity contribution < 1.29 is 13.2 Å². The van der Waals surface area contributed by atoms with Crippen molar-refractivity contribution in [3.05, 3.63) is 58.1 Å². The van der Waals surface area contributed by atoms with Gasteiger partial charge in [-0.1, -0.05) is 30.2 Å². The lowest BCUT2D eigenvalue weighted by Gasteiger charge is -2.26. The number of hydrogen-bond acceptors (Lipinski definition) is 3. The van der Waals surface area contributed by atoms with Gasteiger partial charge in [-0.2, -0.15) is 4.31 Å². The number of aryl methyl sites for hydroxylation is 2. The standard InChI is InChI=1S/C20H23ClN2O3S/c1-14-7-9-17(27(25,26)23-10-4-3-5-11-23)13-18(14)20(24)22-19-12-16(21)8-6-15(19)2/h6-9,12-13H,3-5,10-11H2,1-2H3,(H,22,24). The summed E-state index contributed by atoms with van der Waals surface area (Å²) >= 11 is 6.01. The second kappa shape index (κ2) is 8.00. The molecule has 7 heteroatoms. The molecule has 1 N–H and O–H groups in total. The predicted molar refractivity (Wildman–Crippen MR) is 108 cm³/mol. The Bertz CT molecular complexity index is 967. The molecule has 1 fully saturated rings. The number of halogens is 1. The first-order valence-corrected chi connectivity index (χ1v) is 10.8. The maximum atomic E-state index is 12.9. The molecule has 0 spiro atoms. The van der Waals surface area contributed by atoms with Gasteiger partial charge in [-0.05, 0) is 62.1 Å². The van der Waals surface area contributed by atoms with Gasteiger partial charge in [0.1, 0.15) is 0 Å². The van der Waals surface area contributed by atoms with Crippen LogP contribution in [0, 0.1) is 13.8 Å². The molecule has 5 nitrogen and oxygen atoms in total. The second-order valence-corrected chi connectivity index (χ2v) is 9.23. The topological polar surface area (TPSA) is 66.5 Å². The molecule has 0 aliphatic carbocycles. The lowest BCUT2D eigenvalue weighted by Crippen LogP contribution is -2.35. The maximum Gasteiger partial charge on any atom is 0.255 e. The van der Waals surface area contributed by atoms with Crippen molar-refractivity contribution in [3.63, 3.8) is 0 Å². The van der Waals surface area contributed by atoms with E-state index in [1.54, 1.807) is 31.2 Å². The van der Waals surface area contributed by atoms with E-state index in [2.05, 4.69) is 5.32 Å². The number of anilines is 1. The van der Waals surface area contributed by atoms with Crippen molar-refractivity contribution in [2.75, 3.05) is 18.4 Å². The molecule has 0 radical (unpaired) electrons. The zero-order valence-electron chi connectivity index (χ0n) is 15.5. The summed E-state index contributed by atoms with van der Waals surface area (Å²) in [5.74, 6) is -0.353. The molecule has 0 atom stereocenters. The van der Waals surface area contributed by atoms with Crippen LogP contribution in [0.3, 0.4) is 0 Å². The van der Waals surface area contributed by atoms with Crippen LogP contribution >= 0.6 is 11.6 Å². The number of carbonyl (C=O) groups excluding carboxylic acids is 1. The smallest absolute Gasteiger partial charge is 0.255 e. The molecule has 2 aromatic carbocycles. The zero-order valence-corrected chi connectivity index (χ0v) is 17.0. The van der Waals surface area contributed by atoms with E-state index in [9.17, 15) is 13.2 Å². The van der Waals surface area contributed by atoms with E-state index < -0.39 is 10.0 Å². The Hall–Kier alpha value is -1.89. The molecule has 0 bridgehead atoms. The fourth-order valence-electron chi connectivity index (χ4n) is 3.18. The summed E-state index contributed by atoms with van der Waals surface area (Å²) in [7, 11) is -3.59. The Morgan fingerprint density at radius 3 is 2.37 bits per heavy atom. The highest BCUT2D eigenvalue weighted by Gasteiger charge is 2.27. The van der Waals surface area contributed by atoms with E-state index >= 15 is 0 Å². The van der Waals surface area contributed by atoms with Gasteiger partial charge in [0.05, 0.1) is 4.90 Å². The third-order valence-corrected chi connectivity index (χ3v) is 6.98. The number of amides is 1. The number of hydrogen-bond donors (Lipinski definition) is 1. The summed E-state index contributed by atoms with van der Waals surface area (Å²) in [5, 5.41) is 3.36. The van der Waals surface area contributed by atoms with Crippen molar-refractivity contribution in [2.24, 2.45) is 0 Å². The molecular weight excluding hydrogens is 384 g/mol. The molecule has 1 aliphatic heterocycles. The van der Waals surface area contributed by atoms with Crippen molar-refractivity contribution in [1.82, 2.24) is 4.31 Å². The number of rotatable bonds is 4. The third-order valence-electron chi connectivity index (χ3n) is 4.85. The first kappa shape index (κ1) is 19.9. The van der Waals surface area contributed by atoms with Crippen LogP contribution in [0.5, 0.6) is 0 Å². The van der Waals surface area contributed by atoms with Gasteiger partial charge in [-0.15, -0.1) is 0 Å². The van der Waals surface area contributed by atoms with Gasteiger partial charge in [-0.25, -0.2) is 8.42 Å². The molecule has 2 aromatic rings. The van der Waals surface area contributed by atoms with Crippen LogP contribution in [0.4, 0.5) is 5.69 Å². The molecule has 27 heavy (non-hydrogen) atoms.